The number of aliphatic hydroxyl groups is 1. The number of aryl methyl sites for hydroxylation is 2. The summed E-state index contributed by atoms with van der Waals surface area (Å²) in [7, 11) is 0. The molecule has 0 aliphatic heterocycles. The molecule has 1 radical (unpaired) electrons. The Morgan fingerprint density at radius 2 is 1.48 bits per heavy atom. The summed E-state index contributed by atoms with van der Waals surface area (Å²) in [5, 5.41) is 12.7. The van der Waals surface area contributed by atoms with Gasteiger partial charge in [0.2, 0.25) is 0 Å². The zero-order chi connectivity index (χ0) is 35.2. The van der Waals surface area contributed by atoms with Crippen LogP contribution in [0.5, 0.6) is 0 Å². The molecule has 3 nitrogen and oxygen atoms in total. The van der Waals surface area contributed by atoms with E-state index in [2.05, 4.69) is 77.9 Å². The normalized spacial score (nSPS) is 15.4. The molecule has 1 fully saturated rings. The summed E-state index contributed by atoms with van der Waals surface area (Å²) in [6.45, 7) is 25.8. The fraction of sp³-hybridized carbons (Fsp3) is 0.591. The van der Waals surface area contributed by atoms with Crippen molar-refractivity contribution >= 4 is 16.6 Å². The molecule has 1 saturated carbocycles. The van der Waals surface area contributed by atoms with Gasteiger partial charge in [0.05, 0.1) is 0 Å². The van der Waals surface area contributed by atoms with E-state index in [9.17, 15) is 9.90 Å². The van der Waals surface area contributed by atoms with Gasteiger partial charge in [0, 0.05) is 43.2 Å². The number of aromatic nitrogens is 1. The Morgan fingerprint density at radius 3 is 2.02 bits per heavy atom. The third-order valence-electron chi connectivity index (χ3n) is 11.8. The van der Waals surface area contributed by atoms with Crippen molar-refractivity contribution in [2.24, 2.45) is 16.7 Å². The number of rotatable bonds is 10. The van der Waals surface area contributed by atoms with Crippen LogP contribution >= 0.6 is 0 Å². The monoisotopic (exact) mass is 831 g/mol. The Hall–Kier alpha value is -2.29. The first-order valence-electron chi connectivity index (χ1n) is 18.4. The molecule has 1 unspecified atom stereocenters. The van der Waals surface area contributed by atoms with Gasteiger partial charge in [-0.15, -0.1) is 34.9 Å². The minimum atomic E-state index is -0.337. The Morgan fingerprint density at radius 1 is 0.896 bits per heavy atom. The topological polar surface area (TPSA) is 50.2 Å². The van der Waals surface area contributed by atoms with Crippen LogP contribution in [0.4, 0.5) is 0 Å². The molecule has 0 saturated heterocycles. The van der Waals surface area contributed by atoms with Gasteiger partial charge < -0.3 is 10.1 Å². The van der Waals surface area contributed by atoms with E-state index in [0.717, 1.165) is 42.9 Å². The quantitative estimate of drug-likeness (QED) is 0.126. The molecule has 4 heteroatoms. The van der Waals surface area contributed by atoms with Crippen LogP contribution < -0.4 is 0 Å². The minimum Gasteiger partial charge on any atom is -0.512 e. The van der Waals surface area contributed by atoms with E-state index in [4.69, 9.17) is 4.98 Å². The van der Waals surface area contributed by atoms with Crippen LogP contribution in [-0.2, 0) is 30.3 Å². The summed E-state index contributed by atoms with van der Waals surface area (Å²) in [5.74, 6) is 1.74. The van der Waals surface area contributed by atoms with Gasteiger partial charge in [-0.3, -0.25) is 4.79 Å². The van der Waals surface area contributed by atoms with Crippen LogP contribution in [0, 0.1) is 36.7 Å². The third-order valence-corrected chi connectivity index (χ3v) is 11.8. The second kappa shape index (κ2) is 17.6. The van der Waals surface area contributed by atoms with Crippen molar-refractivity contribution in [2.75, 3.05) is 0 Å². The molecular weight excluding hydrogens is 767 g/mol. The van der Waals surface area contributed by atoms with Crippen LogP contribution in [0.25, 0.3) is 22.0 Å². The SMILES string of the molecule is CCC(C)(CC)C(=O)/C=C(\O)C(C)(CC)CC.Cc1[c-]c(-c2nccc3c(C)c(C(C)C4CCCCC4)ccc23)cc(C(C)(C)C)c1.[Ir]. The molecule has 3 aromatic rings. The average Bonchev–Trinajstić information content (AvgIpc) is 3.07. The number of allylic oxidation sites excluding steroid dienone is 2. The van der Waals surface area contributed by atoms with Crippen molar-refractivity contribution in [1.29, 1.82) is 0 Å². The molecule has 1 aliphatic carbocycles. The van der Waals surface area contributed by atoms with E-state index in [1.807, 2.05) is 47.7 Å². The summed E-state index contributed by atoms with van der Waals surface area (Å²) in [6, 6.07) is 15.0. The van der Waals surface area contributed by atoms with Crippen molar-refractivity contribution in [1.82, 2.24) is 4.98 Å². The predicted molar refractivity (Wildman–Crippen MR) is 202 cm³/mol. The summed E-state index contributed by atoms with van der Waals surface area (Å²) in [5.41, 5.74) is 7.14. The first-order chi connectivity index (χ1) is 22.0. The number of ketones is 1. The molecule has 0 bridgehead atoms. The number of carbonyl (C=O) groups is 1. The van der Waals surface area contributed by atoms with Crippen molar-refractivity contribution in [3.05, 3.63) is 76.7 Å². The average molecular weight is 831 g/mol. The number of fused-ring (bicyclic) bond motifs is 1. The number of carbonyl (C=O) groups excluding carboxylic acids is 1. The molecule has 1 atom stereocenters. The molecule has 2 aromatic carbocycles. The maximum absolute atomic E-state index is 12.2. The molecule has 1 aliphatic rings. The maximum atomic E-state index is 12.2. The summed E-state index contributed by atoms with van der Waals surface area (Å²) >= 11 is 0. The van der Waals surface area contributed by atoms with Crippen molar-refractivity contribution in [3.8, 4) is 11.3 Å². The second-order valence-electron chi connectivity index (χ2n) is 15.9. The smallest absolute Gasteiger partial charge is 0.164 e. The summed E-state index contributed by atoms with van der Waals surface area (Å²) < 4.78 is 0. The van der Waals surface area contributed by atoms with E-state index in [1.54, 1.807) is 0 Å². The van der Waals surface area contributed by atoms with Gasteiger partial charge >= 0.3 is 0 Å². The van der Waals surface area contributed by atoms with Crippen LogP contribution in [0.15, 0.2) is 48.4 Å². The van der Waals surface area contributed by atoms with Gasteiger partial charge in [-0.1, -0.05) is 108 Å². The van der Waals surface area contributed by atoms with E-state index in [1.165, 1.54) is 71.2 Å². The van der Waals surface area contributed by atoms with Gasteiger partial charge in [0.1, 0.15) is 5.76 Å². The second-order valence-corrected chi connectivity index (χ2v) is 15.9. The Kier molecular flexibility index (Phi) is 15.3. The molecule has 0 spiro atoms. The van der Waals surface area contributed by atoms with Crippen LogP contribution in [-0.4, -0.2) is 15.9 Å². The summed E-state index contributed by atoms with van der Waals surface area (Å²) in [4.78, 5) is 17.0. The largest absolute Gasteiger partial charge is 0.512 e. The fourth-order valence-electron chi connectivity index (χ4n) is 6.98. The van der Waals surface area contributed by atoms with Crippen LogP contribution in [0.2, 0.25) is 0 Å². The molecule has 267 valence electrons. The molecule has 48 heavy (non-hydrogen) atoms. The Balaban J connectivity index is 0.000000384. The number of aliphatic hydroxyl groups excluding tert-OH is 1. The first-order valence-corrected chi connectivity index (χ1v) is 18.4. The minimum absolute atomic E-state index is 0. The van der Waals surface area contributed by atoms with Gasteiger partial charge in [-0.25, -0.2) is 0 Å². The molecule has 1 N–H and O–H groups in total. The third kappa shape index (κ3) is 9.69. The van der Waals surface area contributed by atoms with Crippen LogP contribution in [0.3, 0.4) is 0 Å². The number of pyridine rings is 1. The predicted octanol–water partition coefficient (Wildman–Crippen LogP) is 12.9. The number of hydrogen-bond donors (Lipinski definition) is 1. The van der Waals surface area contributed by atoms with Crippen molar-refractivity contribution < 1.29 is 30.0 Å². The molecule has 1 aromatic heterocycles. The van der Waals surface area contributed by atoms with Crippen LogP contribution in [0.1, 0.15) is 155 Å². The Labute approximate surface area is 307 Å². The van der Waals surface area contributed by atoms with Gasteiger partial charge in [0.25, 0.3) is 0 Å². The van der Waals surface area contributed by atoms with Crippen molar-refractivity contribution in [2.45, 2.75) is 152 Å². The van der Waals surface area contributed by atoms with E-state index in [0.29, 0.717) is 5.92 Å². The number of hydrogen-bond acceptors (Lipinski definition) is 3. The number of nitrogens with zero attached hydrogens (tertiary/aromatic N) is 1. The maximum Gasteiger partial charge on any atom is 0.164 e. The van der Waals surface area contributed by atoms with E-state index in [-0.39, 0.29) is 47.9 Å². The molecule has 0 amide bonds. The zero-order valence-electron chi connectivity index (χ0n) is 32.2. The standard InChI is InChI=1S/C29H36N.C15H28O2.Ir/c1-19-16-23(18-24(17-19)29(4,5)6)28-27-13-12-25(21(3)26(27)14-15-30-28)20(2)22-10-8-7-9-11-22;1-7-14(5,8-2)12(16)11-13(17)15(6,9-3)10-4;/h12-15,17-18,20,22H,7-11H2,1-6H3;11,16H,7-10H2,1-6H3;/q-1;;/b;12-11-;. The van der Waals surface area contributed by atoms with Gasteiger partial charge in [-0.2, -0.15) is 0 Å². The molecule has 4 rings (SSSR count). The zero-order valence-corrected chi connectivity index (χ0v) is 34.6. The van der Waals surface area contributed by atoms with Gasteiger partial charge in [0.15, 0.2) is 5.78 Å². The Bertz CT molecular complexity index is 1530. The molecule has 1 heterocycles. The van der Waals surface area contributed by atoms with E-state index >= 15 is 0 Å². The first kappa shape index (κ1) is 41.9. The summed E-state index contributed by atoms with van der Waals surface area (Å²) in [6.07, 6.45) is 13.7. The number of benzene rings is 2. The van der Waals surface area contributed by atoms with E-state index < -0.39 is 0 Å². The fourth-order valence-corrected chi connectivity index (χ4v) is 6.98. The van der Waals surface area contributed by atoms with Crippen molar-refractivity contribution in [3.63, 3.8) is 0 Å². The molecular formula is C44H64IrNO2-. The van der Waals surface area contributed by atoms with Gasteiger partial charge in [-0.05, 0) is 96.4 Å².